The average Bonchev–Trinajstić information content (AvgIpc) is 2.16. The third-order valence-corrected chi connectivity index (χ3v) is 1.91. The van der Waals surface area contributed by atoms with Gasteiger partial charge >= 0.3 is 0 Å². The van der Waals surface area contributed by atoms with Crippen molar-refractivity contribution >= 4 is 11.4 Å². The van der Waals surface area contributed by atoms with Crippen molar-refractivity contribution in [2.45, 2.75) is 13.0 Å². The third kappa shape index (κ3) is 2.69. The summed E-state index contributed by atoms with van der Waals surface area (Å²) in [6.45, 7) is 5.71. The zero-order valence-corrected chi connectivity index (χ0v) is 8.58. The van der Waals surface area contributed by atoms with Crippen LogP contribution in [0.4, 0.5) is 11.4 Å². The lowest BCUT2D eigenvalue weighted by Gasteiger charge is -2.12. The molecule has 0 aliphatic carbocycles. The van der Waals surface area contributed by atoms with E-state index >= 15 is 0 Å². The van der Waals surface area contributed by atoms with Gasteiger partial charge in [0.25, 0.3) is 0 Å². The molecule has 1 aromatic rings. The normalized spacial score (nSPS) is 11.9. The van der Waals surface area contributed by atoms with Crippen LogP contribution in [-0.4, -0.2) is 13.2 Å². The van der Waals surface area contributed by atoms with E-state index in [1.807, 2.05) is 25.1 Å². The van der Waals surface area contributed by atoms with Crippen molar-refractivity contribution in [3.8, 4) is 5.75 Å². The largest absolute Gasteiger partial charge is 0.497 e. The molecule has 0 heterocycles. The maximum atomic E-state index is 5.71. The minimum Gasteiger partial charge on any atom is -0.497 e. The highest BCUT2D eigenvalue weighted by molar-refractivity contribution is 5.59. The number of benzene rings is 1. The van der Waals surface area contributed by atoms with E-state index in [9.17, 15) is 0 Å². The zero-order valence-electron chi connectivity index (χ0n) is 8.58. The molecule has 0 saturated carbocycles. The maximum Gasteiger partial charge on any atom is 0.122 e. The molecule has 0 aromatic heterocycles. The van der Waals surface area contributed by atoms with Gasteiger partial charge in [0.05, 0.1) is 7.11 Å². The predicted molar refractivity (Wildman–Crippen MR) is 60.7 cm³/mol. The molecule has 0 aliphatic rings. The average molecular weight is 192 g/mol. The molecule has 1 rings (SSSR count). The van der Waals surface area contributed by atoms with Crippen LogP contribution in [-0.2, 0) is 0 Å². The first-order valence-corrected chi connectivity index (χ1v) is 4.49. The van der Waals surface area contributed by atoms with E-state index in [1.54, 1.807) is 13.2 Å². The summed E-state index contributed by atoms with van der Waals surface area (Å²) in [5, 5.41) is 3.23. The van der Waals surface area contributed by atoms with Crippen molar-refractivity contribution in [2.75, 3.05) is 18.2 Å². The van der Waals surface area contributed by atoms with Crippen LogP contribution >= 0.6 is 0 Å². The van der Waals surface area contributed by atoms with E-state index in [0.29, 0.717) is 5.69 Å². The first-order chi connectivity index (χ1) is 6.65. The quantitative estimate of drug-likeness (QED) is 0.568. The Morgan fingerprint density at radius 2 is 2.21 bits per heavy atom. The first-order valence-electron chi connectivity index (χ1n) is 4.49. The molecular weight excluding hydrogens is 176 g/mol. The molecule has 0 fully saturated rings. The lowest BCUT2D eigenvalue weighted by molar-refractivity contribution is 0.415. The molecule has 0 amide bonds. The maximum absolute atomic E-state index is 5.71. The molecule has 3 nitrogen and oxygen atoms in total. The fourth-order valence-electron chi connectivity index (χ4n) is 1.15. The van der Waals surface area contributed by atoms with Crippen molar-refractivity contribution in [1.29, 1.82) is 0 Å². The standard InChI is InChI=1S/C11H16N2O/c1-4-8(2)13-10-5-9(12)6-11(7-10)14-3/h4-8,13H,1,12H2,2-3H3. The van der Waals surface area contributed by atoms with Crippen molar-refractivity contribution in [3.05, 3.63) is 30.9 Å². The summed E-state index contributed by atoms with van der Waals surface area (Å²) in [6, 6.07) is 5.75. The number of nitrogens with two attached hydrogens (primary N) is 1. The number of hydrogen-bond acceptors (Lipinski definition) is 3. The summed E-state index contributed by atoms with van der Waals surface area (Å²) >= 11 is 0. The Labute approximate surface area is 84.6 Å². The zero-order chi connectivity index (χ0) is 10.6. The van der Waals surface area contributed by atoms with Crippen molar-refractivity contribution in [1.82, 2.24) is 0 Å². The van der Waals surface area contributed by atoms with Crippen LogP contribution in [0.25, 0.3) is 0 Å². The van der Waals surface area contributed by atoms with Crippen LogP contribution in [0.2, 0.25) is 0 Å². The van der Waals surface area contributed by atoms with Crippen LogP contribution in [0, 0.1) is 0 Å². The molecule has 1 atom stereocenters. The van der Waals surface area contributed by atoms with Gasteiger partial charge in [-0.2, -0.15) is 0 Å². The van der Waals surface area contributed by atoms with E-state index in [0.717, 1.165) is 11.4 Å². The molecule has 3 heteroatoms. The Bertz CT molecular complexity index is 323. The smallest absolute Gasteiger partial charge is 0.122 e. The van der Waals surface area contributed by atoms with Gasteiger partial charge in [-0.25, -0.2) is 0 Å². The second-order valence-electron chi connectivity index (χ2n) is 3.16. The second-order valence-corrected chi connectivity index (χ2v) is 3.16. The van der Waals surface area contributed by atoms with E-state index in [-0.39, 0.29) is 6.04 Å². The molecule has 0 spiro atoms. The van der Waals surface area contributed by atoms with Crippen molar-refractivity contribution in [3.63, 3.8) is 0 Å². The fraction of sp³-hybridized carbons (Fsp3) is 0.273. The lowest BCUT2D eigenvalue weighted by atomic mass is 10.2. The highest BCUT2D eigenvalue weighted by Crippen LogP contribution is 2.22. The molecule has 0 bridgehead atoms. The minimum atomic E-state index is 0.210. The Morgan fingerprint density at radius 1 is 1.50 bits per heavy atom. The van der Waals surface area contributed by atoms with Gasteiger partial charge in [0, 0.05) is 29.5 Å². The van der Waals surface area contributed by atoms with Crippen LogP contribution in [0.1, 0.15) is 6.92 Å². The molecule has 3 N–H and O–H groups in total. The number of anilines is 2. The molecular formula is C11H16N2O. The lowest BCUT2D eigenvalue weighted by Crippen LogP contribution is -2.11. The van der Waals surface area contributed by atoms with Gasteiger partial charge in [-0.05, 0) is 13.0 Å². The monoisotopic (exact) mass is 192 g/mol. The Hall–Kier alpha value is -1.64. The van der Waals surface area contributed by atoms with Crippen LogP contribution in [0.15, 0.2) is 30.9 Å². The second kappa shape index (κ2) is 4.56. The Balaban J connectivity index is 2.86. The van der Waals surface area contributed by atoms with Crippen molar-refractivity contribution in [2.24, 2.45) is 0 Å². The highest BCUT2D eigenvalue weighted by Gasteiger charge is 2.00. The molecule has 1 aromatic carbocycles. The summed E-state index contributed by atoms with van der Waals surface area (Å²) in [7, 11) is 1.62. The van der Waals surface area contributed by atoms with Crippen LogP contribution in [0.3, 0.4) is 0 Å². The first kappa shape index (κ1) is 10.4. The molecule has 1 unspecified atom stereocenters. The highest BCUT2D eigenvalue weighted by atomic mass is 16.5. The summed E-state index contributed by atoms with van der Waals surface area (Å²) in [5.41, 5.74) is 7.33. The van der Waals surface area contributed by atoms with Gasteiger partial charge in [0.2, 0.25) is 0 Å². The minimum absolute atomic E-state index is 0.210. The third-order valence-electron chi connectivity index (χ3n) is 1.91. The van der Waals surface area contributed by atoms with Gasteiger partial charge in [-0.3, -0.25) is 0 Å². The number of methoxy groups -OCH3 is 1. The molecule has 76 valence electrons. The summed E-state index contributed by atoms with van der Waals surface area (Å²) in [6.07, 6.45) is 1.83. The number of nitrogen functional groups attached to an aromatic ring is 1. The fourth-order valence-corrected chi connectivity index (χ4v) is 1.15. The predicted octanol–water partition coefficient (Wildman–Crippen LogP) is 2.26. The Kier molecular flexibility index (Phi) is 3.40. The summed E-state index contributed by atoms with van der Waals surface area (Å²) < 4.78 is 5.11. The van der Waals surface area contributed by atoms with Gasteiger partial charge < -0.3 is 15.8 Å². The van der Waals surface area contributed by atoms with Gasteiger partial charge in [-0.15, -0.1) is 6.58 Å². The van der Waals surface area contributed by atoms with Gasteiger partial charge in [0.15, 0.2) is 0 Å². The number of ether oxygens (including phenoxy) is 1. The van der Waals surface area contributed by atoms with E-state index in [2.05, 4.69) is 11.9 Å². The number of rotatable bonds is 4. The molecule has 0 aliphatic heterocycles. The van der Waals surface area contributed by atoms with E-state index in [1.165, 1.54) is 0 Å². The van der Waals surface area contributed by atoms with Gasteiger partial charge in [0.1, 0.15) is 5.75 Å². The SMILES string of the molecule is C=CC(C)Nc1cc(N)cc(OC)c1. The number of hydrogen-bond donors (Lipinski definition) is 2. The Morgan fingerprint density at radius 3 is 2.79 bits per heavy atom. The van der Waals surface area contributed by atoms with Crippen molar-refractivity contribution < 1.29 is 4.74 Å². The topological polar surface area (TPSA) is 47.3 Å². The van der Waals surface area contributed by atoms with E-state index in [4.69, 9.17) is 10.5 Å². The van der Waals surface area contributed by atoms with Crippen LogP contribution < -0.4 is 15.8 Å². The number of nitrogens with one attached hydrogen (secondary N) is 1. The van der Waals surface area contributed by atoms with E-state index < -0.39 is 0 Å². The molecule has 14 heavy (non-hydrogen) atoms. The van der Waals surface area contributed by atoms with Gasteiger partial charge in [-0.1, -0.05) is 6.08 Å². The summed E-state index contributed by atoms with van der Waals surface area (Å²) in [4.78, 5) is 0. The van der Waals surface area contributed by atoms with Crippen LogP contribution in [0.5, 0.6) is 5.75 Å². The molecule has 0 saturated heterocycles. The molecule has 0 radical (unpaired) electrons. The summed E-state index contributed by atoms with van der Waals surface area (Å²) in [5.74, 6) is 0.753.